The zero-order valence-corrected chi connectivity index (χ0v) is 10.1. The molecule has 5 nitrogen and oxygen atoms in total. The number of aromatic nitrogens is 2. The number of hydrogen-bond donors (Lipinski definition) is 1. The van der Waals surface area contributed by atoms with Crippen LogP contribution in [0.3, 0.4) is 0 Å². The Kier molecular flexibility index (Phi) is 3.95. The van der Waals surface area contributed by atoms with Gasteiger partial charge in [0.05, 0.1) is 29.3 Å². The highest BCUT2D eigenvalue weighted by Crippen LogP contribution is 2.08. The fourth-order valence-electron chi connectivity index (χ4n) is 1.45. The van der Waals surface area contributed by atoms with E-state index in [1.54, 1.807) is 11.9 Å². The monoisotopic (exact) mass is 223 g/mol. The van der Waals surface area contributed by atoms with Crippen molar-refractivity contribution >= 4 is 5.97 Å². The summed E-state index contributed by atoms with van der Waals surface area (Å²) in [6.07, 6.45) is 0. The molecule has 0 fully saturated rings. The van der Waals surface area contributed by atoms with Crippen molar-refractivity contribution in [2.24, 2.45) is 0 Å². The first-order chi connectivity index (χ1) is 7.40. The Morgan fingerprint density at radius 2 is 1.75 bits per heavy atom. The van der Waals surface area contributed by atoms with Crippen molar-refractivity contribution in [3.05, 3.63) is 22.8 Å². The molecule has 0 unspecified atom stereocenters. The van der Waals surface area contributed by atoms with E-state index in [0.717, 1.165) is 22.8 Å². The Morgan fingerprint density at radius 1 is 1.19 bits per heavy atom. The van der Waals surface area contributed by atoms with Crippen LogP contribution in [-0.2, 0) is 11.3 Å². The van der Waals surface area contributed by atoms with Crippen molar-refractivity contribution in [1.29, 1.82) is 0 Å². The minimum Gasteiger partial charge on any atom is -0.480 e. The maximum absolute atomic E-state index is 10.5. The van der Waals surface area contributed by atoms with Gasteiger partial charge in [0.1, 0.15) is 0 Å². The first-order valence-electron chi connectivity index (χ1n) is 5.11. The number of aryl methyl sites for hydroxylation is 3. The molecule has 1 aromatic heterocycles. The number of rotatable bonds is 4. The lowest BCUT2D eigenvalue weighted by Crippen LogP contribution is -2.26. The molecule has 16 heavy (non-hydrogen) atoms. The first kappa shape index (κ1) is 12.6. The van der Waals surface area contributed by atoms with Crippen LogP contribution in [0.15, 0.2) is 0 Å². The molecule has 1 N–H and O–H groups in total. The average molecular weight is 223 g/mol. The number of carboxylic acid groups (broad SMARTS) is 1. The van der Waals surface area contributed by atoms with E-state index in [-0.39, 0.29) is 6.54 Å². The Balaban J connectivity index is 2.81. The maximum Gasteiger partial charge on any atom is 0.317 e. The molecule has 0 saturated carbocycles. The van der Waals surface area contributed by atoms with Crippen molar-refractivity contribution in [2.45, 2.75) is 27.3 Å². The largest absolute Gasteiger partial charge is 0.480 e. The highest BCUT2D eigenvalue weighted by Gasteiger charge is 2.10. The van der Waals surface area contributed by atoms with Crippen LogP contribution in [0, 0.1) is 20.8 Å². The number of nitrogens with zero attached hydrogens (tertiary/aromatic N) is 3. The first-order valence-corrected chi connectivity index (χ1v) is 5.11. The van der Waals surface area contributed by atoms with Gasteiger partial charge in [-0.05, 0) is 27.8 Å². The number of carbonyl (C=O) groups is 1. The molecule has 1 rings (SSSR count). The molecule has 0 radical (unpaired) electrons. The third kappa shape index (κ3) is 3.27. The smallest absolute Gasteiger partial charge is 0.317 e. The Bertz CT molecular complexity index is 404. The number of hydrogen-bond acceptors (Lipinski definition) is 4. The molecule has 0 saturated heterocycles. The highest BCUT2D eigenvalue weighted by molar-refractivity contribution is 5.69. The molecular weight excluding hydrogens is 206 g/mol. The molecule has 0 aliphatic carbocycles. The summed E-state index contributed by atoms with van der Waals surface area (Å²) in [6, 6.07) is 0. The second-order valence-electron chi connectivity index (χ2n) is 3.99. The number of carboxylic acids is 1. The molecule has 5 heteroatoms. The molecule has 0 aromatic carbocycles. The van der Waals surface area contributed by atoms with Crippen LogP contribution >= 0.6 is 0 Å². The topological polar surface area (TPSA) is 66.3 Å². The van der Waals surface area contributed by atoms with Gasteiger partial charge in [0.2, 0.25) is 0 Å². The van der Waals surface area contributed by atoms with Crippen LogP contribution in [0.2, 0.25) is 0 Å². The SMILES string of the molecule is Cc1nc(C)c(CN(C)CC(=O)O)nc1C. The normalized spacial score (nSPS) is 10.8. The van der Waals surface area contributed by atoms with Crippen LogP contribution in [0.4, 0.5) is 0 Å². The van der Waals surface area contributed by atoms with E-state index in [4.69, 9.17) is 5.11 Å². The predicted octanol–water partition coefficient (Wildman–Crippen LogP) is 0.918. The molecule has 0 aliphatic heterocycles. The standard InChI is InChI=1S/C11H17N3O2/c1-7-8(2)13-10(9(3)12-7)5-14(4)6-11(15)16/h5-6H2,1-4H3,(H,15,16). The second-order valence-corrected chi connectivity index (χ2v) is 3.99. The van der Waals surface area contributed by atoms with E-state index >= 15 is 0 Å². The van der Waals surface area contributed by atoms with Crippen LogP contribution < -0.4 is 0 Å². The van der Waals surface area contributed by atoms with E-state index in [1.165, 1.54) is 0 Å². The molecular formula is C11H17N3O2. The second kappa shape index (κ2) is 5.03. The fourth-order valence-corrected chi connectivity index (χ4v) is 1.45. The van der Waals surface area contributed by atoms with E-state index in [9.17, 15) is 4.79 Å². The van der Waals surface area contributed by atoms with Crippen molar-refractivity contribution < 1.29 is 9.90 Å². The van der Waals surface area contributed by atoms with Gasteiger partial charge < -0.3 is 5.11 Å². The van der Waals surface area contributed by atoms with E-state index in [1.807, 2.05) is 20.8 Å². The van der Waals surface area contributed by atoms with Gasteiger partial charge >= 0.3 is 5.97 Å². The molecule has 0 atom stereocenters. The zero-order chi connectivity index (χ0) is 12.3. The van der Waals surface area contributed by atoms with E-state index in [2.05, 4.69) is 9.97 Å². The lowest BCUT2D eigenvalue weighted by atomic mass is 10.2. The molecule has 0 aliphatic rings. The van der Waals surface area contributed by atoms with Gasteiger partial charge in [-0.3, -0.25) is 19.7 Å². The predicted molar refractivity (Wildman–Crippen MR) is 60.2 cm³/mol. The van der Waals surface area contributed by atoms with Crippen LogP contribution in [0.25, 0.3) is 0 Å². The highest BCUT2D eigenvalue weighted by atomic mass is 16.4. The Morgan fingerprint density at radius 3 is 2.31 bits per heavy atom. The van der Waals surface area contributed by atoms with Gasteiger partial charge in [-0.2, -0.15) is 0 Å². The summed E-state index contributed by atoms with van der Waals surface area (Å²) in [7, 11) is 1.75. The maximum atomic E-state index is 10.5. The number of likely N-dealkylation sites (N-methyl/N-ethyl adjacent to an activating group) is 1. The number of aliphatic carboxylic acids is 1. The third-order valence-corrected chi connectivity index (χ3v) is 2.40. The van der Waals surface area contributed by atoms with Crippen LogP contribution in [0.1, 0.15) is 22.8 Å². The Hall–Kier alpha value is -1.49. The van der Waals surface area contributed by atoms with E-state index in [0.29, 0.717) is 6.54 Å². The summed E-state index contributed by atoms with van der Waals surface area (Å²) in [4.78, 5) is 21.0. The van der Waals surface area contributed by atoms with Crippen molar-refractivity contribution in [3.8, 4) is 0 Å². The molecule has 88 valence electrons. The molecule has 0 amide bonds. The van der Waals surface area contributed by atoms with Gasteiger partial charge in [-0.25, -0.2) is 0 Å². The quantitative estimate of drug-likeness (QED) is 0.822. The molecule has 0 bridgehead atoms. The fraction of sp³-hybridized carbons (Fsp3) is 0.545. The van der Waals surface area contributed by atoms with Crippen LogP contribution in [-0.4, -0.2) is 39.5 Å². The van der Waals surface area contributed by atoms with Crippen molar-refractivity contribution in [2.75, 3.05) is 13.6 Å². The summed E-state index contributed by atoms with van der Waals surface area (Å²) in [5.41, 5.74) is 3.51. The molecule has 0 spiro atoms. The van der Waals surface area contributed by atoms with Gasteiger partial charge in [0.25, 0.3) is 0 Å². The molecule has 1 aromatic rings. The lowest BCUT2D eigenvalue weighted by Gasteiger charge is -2.15. The summed E-state index contributed by atoms with van der Waals surface area (Å²) in [6.45, 7) is 6.23. The summed E-state index contributed by atoms with van der Waals surface area (Å²) < 4.78 is 0. The summed E-state index contributed by atoms with van der Waals surface area (Å²) >= 11 is 0. The van der Waals surface area contributed by atoms with Crippen molar-refractivity contribution in [1.82, 2.24) is 14.9 Å². The van der Waals surface area contributed by atoms with Gasteiger partial charge in [0, 0.05) is 6.54 Å². The minimum atomic E-state index is -0.836. The van der Waals surface area contributed by atoms with E-state index < -0.39 is 5.97 Å². The third-order valence-electron chi connectivity index (χ3n) is 2.40. The summed E-state index contributed by atoms with van der Waals surface area (Å²) in [5.74, 6) is -0.836. The van der Waals surface area contributed by atoms with Gasteiger partial charge in [0.15, 0.2) is 0 Å². The van der Waals surface area contributed by atoms with Gasteiger partial charge in [-0.15, -0.1) is 0 Å². The lowest BCUT2D eigenvalue weighted by molar-refractivity contribution is -0.138. The average Bonchev–Trinajstić information content (AvgIpc) is 2.12. The summed E-state index contributed by atoms with van der Waals surface area (Å²) in [5, 5.41) is 8.65. The van der Waals surface area contributed by atoms with Crippen molar-refractivity contribution in [3.63, 3.8) is 0 Å². The zero-order valence-electron chi connectivity index (χ0n) is 10.1. The Labute approximate surface area is 95.1 Å². The van der Waals surface area contributed by atoms with Crippen LogP contribution in [0.5, 0.6) is 0 Å². The van der Waals surface area contributed by atoms with Gasteiger partial charge in [-0.1, -0.05) is 0 Å². The molecule has 1 heterocycles. The minimum absolute atomic E-state index is 0.00798.